The van der Waals surface area contributed by atoms with E-state index in [9.17, 15) is 14.7 Å². The molecule has 1 unspecified atom stereocenters. The Morgan fingerprint density at radius 2 is 1.57 bits per heavy atom. The summed E-state index contributed by atoms with van der Waals surface area (Å²) in [4.78, 5) is 24.9. The predicted octanol–water partition coefficient (Wildman–Crippen LogP) is 6.41. The molecule has 7 rings (SSSR count). The van der Waals surface area contributed by atoms with E-state index in [1.54, 1.807) is 12.1 Å². The molecule has 0 aliphatic heterocycles. The summed E-state index contributed by atoms with van der Waals surface area (Å²) in [6, 6.07) is 20.5. The summed E-state index contributed by atoms with van der Waals surface area (Å²) in [6.45, 7) is 0.140. The summed E-state index contributed by atoms with van der Waals surface area (Å²) in [7, 11) is 0. The van der Waals surface area contributed by atoms with Crippen LogP contribution in [0.25, 0.3) is 11.1 Å². The van der Waals surface area contributed by atoms with E-state index in [0.717, 1.165) is 27.8 Å². The van der Waals surface area contributed by atoms with Crippen LogP contribution >= 0.6 is 23.2 Å². The maximum Gasteiger partial charge on any atom is 0.407 e. The molecule has 35 heavy (non-hydrogen) atoms. The highest BCUT2D eigenvalue weighted by Gasteiger charge is 2.73. The van der Waals surface area contributed by atoms with Gasteiger partial charge in [0, 0.05) is 21.4 Å². The van der Waals surface area contributed by atoms with E-state index >= 15 is 0 Å². The van der Waals surface area contributed by atoms with Gasteiger partial charge in [-0.2, -0.15) is 0 Å². The lowest BCUT2D eigenvalue weighted by atomic mass is 9.31. The van der Waals surface area contributed by atoms with Crippen LogP contribution < -0.4 is 5.32 Å². The zero-order valence-electron chi connectivity index (χ0n) is 18.8. The van der Waals surface area contributed by atoms with Crippen molar-refractivity contribution in [1.82, 2.24) is 5.32 Å². The van der Waals surface area contributed by atoms with Gasteiger partial charge < -0.3 is 15.2 Å². The summed E-state index contributed by atoms with van der Waals surface area (Å²) in [5.74, 6) is -1.14. The van der Waals surface area contributed by atoms with Crippen LogP contribution in [0.1, 0.15) is 41.9 Å². The fraction of sp³-hybridized carbons (Fsp3) is 0.286. The molecule has 1 amide bonds. The lowest BCUT2D eigenvalue weighted by Gasteiger charge is -2.72. The number of fused-ring (bicyclic) bond motifs is 3. The van der Waals surface area contributed by atoms with Gasteiger partial charge >= 0.3 is 12.1 Å². The summed E-state index contributed by atoms with van der Waals surface area (Å²) in [5.41, 5.74) is 4.78. The zero-order chi connectivity index (χ0) is 24.4. The van der Waals surface area contributed by atoms with E-state index in [-0.39, 0.29) is 17.9 Å². The number of benzene rings is 3. The van der Waals surface area contributed by atoms with Crippen molar-refractivity contribution in [3.05, 3.63) is 93.5 Å². The number of rotatable bonds is 6. The minimum absolute atomic E-state index is 0.0837. The van der Waals surface area contributed by atoms with Crippen molar-refractivity contribution in [3.8, 4) is 11.1 Å². The number of alkyl carbamates (subject to hydrolysis) is 1. The van der Waals surface area contributed by atoms with Gasteiger partial charge in [-0.1, -0.05) is 71.7 Å². The van der Waals surface area contributed by atoms with Crippen LogP contribution in [-0.2, 0) is 14.9 Å². The van der Waals surface area contributed by atoms with Gasteiger partial charge in [0.25, 0.3) is 0 Å². The van der Waals surface area contributed by atoms with Gasteiger partial charge in [0.1, 0.15) is 12.6 Å². The molecule has 4 aliphatic rings. The van der Waals surface area contributed by atoms with E-state index in [4.69, 9.17) is 27.9 Å². The average molecular weight is 508 g/mol. The number of carboxylic acid groups (broad SMARTS) is 1. The molecule has 5 nitrogen and oxygen atoms in total. The molecule has 0 radical (unpaired) electrons. The van der Waals surface area contributed by atoms with Crippen LogP contribution in [0.5, 0.6) is 0 Å². The quantitative estimate of drug-likeness (QED) is 0.404. The van der Waals surface area contributed by atoms with E-state index < -0.39 is 23.5 Å². The molecular formula is C28H23Cl2NO4. The van der Waals surface area contributed by atoms with Crippen molar-refractivity contribution in [2.24, 2.45) is 5.41 Å². The minimum atomic E-state index is -1.05. The second-order valence-electron chi connectivity index (χ2n) is 10.0. The second kappa shape index (κ2) is 8.00. The van der Waals surface area contributed by atoms with E-state index in [1.807, 2.05) is 42.5 Å². The average Bonchev–Trinajstić information content (AvgIpc) is 3.11. The fourth-order valence-corrected chi connectivity index (χ4v) is 7.09. The Morgan fingerprint density at radius 1 is 0.971 bits per heavy atom. The van der Waals surface area contributed by atoms with Crippen LogP contribution in [0.15, 0.2) is 66.7 Å². The zero-order valence-corrected chi connectivity index (χ0v) is 20.3. The summed E-state index contributed by atoms with van der Waals surface area (Å²) >= 11 is 12.6. The Morgan fingerprint density at radius 3 is 2.17 bits per heavy atom. The van der Waals surface area contributed by atoms with Crippen LogP contribution in [0, 0.1) is 5.41 Å². The van der Waals surface area contributed by atoms with Gasteiger partial charge in [-0.3, -0.25) is 0 Å². The Bertz CT molecular complexity index is 1310. The summed E-state index contributed by atoms with van der Waals surface area (Å²) in [6.07, 6.45) is 1.21. The molecule has 3 aromatic carbocycles. The van der Waals surface area contributed by atoms with E-state index in [0.29, 0.717) is 29.3 Å². The van der Waals surface area contributed by atoms with Gasteiger partial charge in [-0.25, -0.2) is 9.59 Å². The number of hydrogen-bond acceptors (Lipinski definition) is 3. The number of nitrogens with one attached hydrogen (secondary N) is 1. The first kappa shape index (κ1) is 22.4. The Balaban J connectivity index is 1.13. The number of aliphatic carboxylic acids is 1. The number of carboxylic acids is 1. The maximum atomic E-state index is 12.8. The maximum absolute atomic E-state index is 12.8. The van der Waals surface area contributed by atoms with Crippen molar-refractivity contribution in [2.45, 2.75) is 36.6 Å². The second-order valence-corrected chi connectivity index (χ2v) is 10.9. The molecule has 1 atom stereocenters. The van der Waals surface area contributed by atoms with Gasteiger partial charge in [0.15, 0.2) is 0 Å². The molecule has 4 aliphatic carbocycles. The molecule has 3 saturated carbocycles. The Hall–Kier alpha value is -3.02. The molecule has 3 aromatic rings. The number of hydrogen-bond donors (Lipinski definition) is 2. The number of carbonyl (C=O) groups excluding carboxylic acids is 1. The molecule has 0 spiro atoms. The summed E-state index contributed by atoms with van der Waals surface area (Å²) < 4.78 is 5.59. The lowest BCUT2D eigenvalue weighted by molar-refractivity contribution is -0.183. The van der Waals surface area contributed by atoms with Gasteiger partial charge in [0.05, 0.1) is 0 Å². The van der Waals surface area contributed by atoms with Gasteiger partial charge in [-0.15, -0.1) is 0 Å². The van der Waals surface area contributed by atoms with Crippen LogP contribution in [0.2, 0.25) is 10.0 Å². The number of carbonyl (C=O) groups is 2. The van der Waals surface area contributed by atoms with Gasteiger partial charge in [0.2, 0.25) is 0 Å². The third kappa shape index (κ3) is 3.44. The molecule has 178 valence electrons. The number of halogens is 2. The largest absolute Gasteiger partial charge is 0.480 e. The molecule has 7 heteroatoms. The highest BCUT2D eigenvalue weighted by molar-refractivity contribution is 6.33. The first-order valence-electron chi connectivity index (χ1n) is 11.6. The third-order valence-electron chi connectivity index (χ3n) is 8.04. The van der Waals surface area contributed by atoms with Crippen molar-refractivity contribution in [3.63, 3.8) is 0 Å². The van der Waals surface area contributed by atoms with E-state index in [1.165, 1.54) is 0 Å². The minimum Gasteiger partial charge on any atom is -0.480 e. The monoisotopic (exact) mass is 507 g/mol. The van der Waals surface area contributed by atoms with Crippen molar-refractivity contribution in [1.29, 1.82) is 0 Å². The Labute approximate surface area is 213 Å². The molecule has 3 fully saturated rings. The van der Waals surface area contributed by atoms with Crippen molar-refractivity contribution < 1.29 is 19.4 Å². The normalized spacial score (nSPS) is 24.4. The molecule has 2 bridgehead atoms. The Kier molecular flexibility index (Phi) is 5.13. The smallest absolute Gasteiger partial charge is 0.407 e. The molecule has 0 saturated heterocycles. The fourth-order valence-electron chi connectivity index (χ4n) is 6.60. The highest BCUT2D eigenvalue weighted by Crippen LogP contribution is 2.75. The van der Waals surface area contributed by atoms with Gasteiger partial charge in [-0.05, 0) is 70.7 Å². The topological polar surface area (TPSA) is 75.6 Å². The molecule has 2 N–H and O–H groups in total. The number of amides is 1. The molecule has 0 heterocycles. The van der Waals surface area contributed by atoms with Crippen LogP contribution in [0.3, 0.4) is 0 Å². The first-order chi connectivity index (χ1) is 16.8. The summed E-state index contributed by atoms with van der Waals surface area (Å²) in [5, 5.41) is 13.8. The van der Waals surface area contributed by atoms with Crippen molar-refractivity contribution in [2.75, 3.05) is 6.61 Å². The highest BCUT2D eigenvalue weighted by atomic mass is 35.5. The van der Waals surface area contributed by atoms with E-state index in [2.05, 4.69) is 17.4 Å². The SMILES string of the molecule is O=C(NC(C(=O)O)C12CC(c3cc(Cl)ccc3Cl)(C1)C2)OCC1c2ccccc2-c2ccccc21. The number of ether oxygens (including phenoxy) is 1. The standard InChI is InChI=1S/C28H23Cl2NO4/c29-16-9-10-23(30)22(11-16)27-13-28(14-27,15-27)24(25(32)33)31-26(34)35-12-21-19-7-3-1-5-17(19)18-6-2-4-8-20(18)21/h1-11,21,24H,12-15H2,(H,31,34)(H,32,33). The van der Waals surface area contributed by atoms with Crippen molar-refractivity contribution >= 4 is 35.3 Å². The first-order valence-corrected chi connectivity index (χ1v) is 12.4. The predicted molar refractivity (Wildman–Crippen MR) is 134 cm³/mol. The molecular weight excluding hydrogens is 485 g/mol. The van der Waals surface area contributed by atoms with Crippen LogP contribution in [0.4, 0.5) is 4.79 Å². The lowest BCUT2D eigenvalue weighted by Crippen LogP contribution is -2.73. The third-order valence-corrected chi connectivity index (χ3v) is 8.60. The van der Waals surface area contributed by atoms with Crippen LogP contribution in [-0.4, -0.2) is 29.8 Å². The molecule has 0 aromatic heterocycles.